The molecule has 2 atom stereocenters. The first-order valence-electron chi connectivity index (χ1n) is 13.8. The smallest absolute Gasteiger partial charge is 0.261 e. The van der Waals surface area contributed by atoms with Crippen molar-refractivity contribution >= 4 is 27.9 Å². The maximum absolute atomic E-state index is 12.6. The van der Waals surface area contributed by atoms with E-state index in [2.05, 4.69) is 66.5 Å². The van der Waals surface area contributed by atoms with Crippen LogP contribution in [-0.2, 0) is 4.79 Å². The van der Waals surface area contributed by atoms with Crippen molar-refractivity contribution in [3.8, 4) is 6.07 Å². The van der Waals surface area contributed by atoms with Crippen molar-refractivity contribution in [3.63, 3.8) is 0 Å². The number of hydrogen-bond acceptors (Lipinski definition) is 5. The zero-order valence-corrected chi connectivity index (χ0v) is 22.5. The number of hydrogen-bond donors (Lipinski definition) is 3. The fourth-order valence-electron chi connectivity index (χ4n) is 5.59. The highest BCUT2D eigenvalue weighted by Crippen LogP contribution is 2.32. The van der Waals surface area contributed by atoms with Crippen LogP contribution >= 0.6 is 0 Å². The molecule has 2 unspecified atom stereocenters. The van der Waals surface area contributed by atoms with Gasteiger partial charge in [0.25, 0.3) is 5.91 Å². The number of aliphatic hydroxyl groups excluding tert-OH is 2. The van der Waals surface area contributed by atoms with E-state index in [-0.39, 0.29) is 11.5 Å². The molecule has 2 aliphatic rings. The number of nitrogens with one attached hydrogen (secondary N) is 1. The Morgan fingerprint density at radius 1 is 1.03 bits per heavy atom. The van der Waals surface area contributed by atoms with Gasteiger partial charge in [-0.2, -0.15) is 5.26 Å². The number of nitrogens with zero attached hydrogens (tertiary/aromatic N) is 2. The van der Waals surface area contributed by atoms with Gasteiger partial charge in [0.1, 0.15) is 11.6 Å². The lowest BCUT2D eigenvalue weighted by Crippen LogP contribution is -2.37. The van der Waals surface area contributed by atoms with Crippen LogP contribution in [0.4, 0.5) is 5.69 Å². The molecule has 2 aromatic rings. The van der Waals surface area contributed by atoms with Crippen LogP contribution in [0.2, 0.25) is 0 Å². The van der Waals surface area contributed by atoms with Crippen molar-refractivity contribution in [2.45, 2.75) is 64.6 Å². The molecule has 200 valence electrons. The maximum Gasteiger partial charge on any atom is 0.261 e. The number of allylic oxidation sites excluding steroid dienone is 5. The number of anilines is 1. The first-order chi connectivity index (χ1) is 18.4. The third-order valence-corrected chi connectivity index (χ3v) is 7.44. The van der Waals surface area contributed by atoms with Crippen LogP contribution in [0, 0.1) is 17.2 Å². The first kappa shape index (κ1) is 27.6. The number of carbonyl (C=O) groups excluding carboxylic acids is 1. The number of aliphatic hydroxyl groups is 2. The summed E-state index contributed by atoms with van der Waals surface area (Å²) in [5.74, 6) is -0.417. The van der Waals surface area contributed by atoms with Crippen molar-refractivity contribution < 1.29 is 15.0 Å². The van der Waals surface area contributed by atoms with Gasteiger partial charge in [-0.3, -0.25) is 4.79 Å². The fourth-order valence-corrected chi connectivity index (χ4v) is 5.59. The number of fused-ring (bicyclic) bond motifs is 1. The average Bonchev–Trinajstić information content (AvgIpc) is 3.38. The van der Waals surface area contributed by atoms with Crippen molar-refractivity contribution in [2.75, 3.05) is 24.5 Å². The molecular weight excluding hydrogens is 474 g/mol. The van der Waals surface area contributed by atoms with Crippen LogP contribution in [-0.4, -0.2) is 48.0 Å². The first-order valence-corrected chi connectivity index (χ1v) is 13.8. The lowest BCUT2D eigenvalue weighted by atomic mass is 9.85. The number of nitriles is 1. The maximum atomic E-state index is 12.6. The van der Waals surface area contributed by atoms with E-state index in [9.17, 15) is 20.3 Å². The molecule has 0 radical (unpaired) electrons. The van der Waals surface area contributed by atoms with Crippen LogP contribution in [0.3, 0.4) is 0 Å². The molecular formula is C32H39N3O3. The summed E-state index contributed by atoms with van der Waals surface area (Å²) in [5.41, 5.74) is 4.55. The van der Waals surface area contributed by atoms with Crippen LogP contribution in [0.15, 0.2) is 65.8 Å². The predicted octanol–water partition coefficient (Wildman–Crippen LogP) is 5.27. The van der Waals surface area contributed by atoms with Crippen LogP contribution < -0.4 is 10.2 Å². The molecule has 6 heteroatoms. The van der Waals surface area contributed by atoms with Gasteiger partial charge in [-0.15, -0.1) is 0 Å². The molecule has 1 fully saturated rings. The van der Waals surface area contributed by atoms with Gasteiger partial charge in [-0.25, -0.2) is 0 Å². The van der Waals surface area contributed by atoms with E-state index in [1.165, 1.54) is 16.5 Å². The standard InChI is InChI=1S/C32H39N3O3/c1-3-11-35(12-4-2)29-10-9-26-17-25(7-8-27(26)18-29)24-6-5-22(13-24)14-28(20-33)32(38)34-21-23-15-30(36)19-31(37)16-23/h5-10,14,17-18,23,30-31,36-37H,3-4,11-13,15-16,19,21H2,1-2H3,(H,34,38)/b28-14+. The minimum absolute atomic E-state index is 0.00181. The van der Waals surface area contributed by atoms with Gasteiger partial charge in [0, 0.05) is 25.3 Å². The van der Waals surface area contributed by atoms with Gasteiger partial charge >= 0.3 is 0 Å². The molecule has 2 aromatic carbocycles. The van der Waals surface area contributed by atoms with Crippen LogP contribution in [0.1, 0.15) is 57.9 Å². The molecule has 2 aliphatic carbocycles. The van der Waals surface area contributed by atoms with Crippen LogP contribution in [0.5, 0.6) is 0 Å². The molecule has 38 heavy (non-hydrogen) atoms. The minimum atomic E-state index is -0.547. The fraction of sp³-hybridized carbons (Fsp3) is 0.438. The molecule has 1 amide bonds. The molecule has 0 saturated heterocycles. The second-order valence-corrected chi connectivity index (χ2v) is 10.6. The molecule has 3 N–H and O–H groups in total. The quantitative estimate of drug-likeness (QED) is 0.297. The van der Waals surface area contributed by atoms with E-state index < -0.39 is 18.1 Å². The van der Waals surface area contributed by atoms with Crippen LogP contribution in [0.25, 0.3) is 16.3 Å². The number of benzene rings is 2. The van der Waals surface area contributed by atoms with E-state index in [0.29, 0.717) is 32.2 Å². The summed E-state index contributed by atoms with van der Waals surface area (Å²) in [7, 11) is 0. The monoisotopic (exact) mass is 513 g/mol. The summed E-state index contributed by atoms with van der Waals surface area (Å²) in [6, 6.07) is 15.2. The highest BCUT2D eigenvalue weighted by Gasteiger charge is 2.27. The Morgan fingerprint density at radius 3 is 2.39 bits per heavy atom. The van der Waals surface area contributed by atoms with Crippen molar-refractivity contribution in [1.29, 1.82) is 5.26 Å². The topological polar surface area (TPSA) is 96.6 Å². The highest BCUT2D eigenvalue weighted by atomic mass is 16.3. The summed E-state index contributed by atoms with van der Waals surface area (Å²) in [6.45, 7) is 6.88. The van der Waals surface area contributed by atoms with E-state index in [0.717, 1.165) is 42.6 Å². The Hall–Kier alpha value is -3.40. The summed E-state index contributed by atoms with van der Waals surface area (Å²) < 4.78 is 0. The van der Waals surface area contributed by atoms with E-state index in [1.54, 1.807) is 6.08 Å². The van der Waals surface area contributed by atoms with E-state index in [4.69, 9.17) is 0 Å². The minimum Gasteiger partial charge on any atom is -0.393 e. The normalized spacial score (nSPS) is 21.6. The number of carbonyl (C=O) groups is 1. The lowest BCUT2D eigenvalue weighted by Gasteiger charge is -2.29. The van der Waals surface area contributed by atoms with Gasteiger partial charge in [0.05, 0.1) is 12.2 Å². The molecule has 0 spiro atoms. The zero-order chi connectivity index (χ0) is 27.1. The molecule has 0 aliphatic heterocycles. The van der Waals surface area contributed by atoms with Crippen molar-refractivity contribution in [1.82, 2.24) is 5.32 Å². The van der Waals surface area contributed by atoms with Crippen molar-refractivity contribution in [3.05, 3.63) is 71.3 Å². The summed E-state index contributed by atoms with van der Waals surface area (Å²) in [4.78, 5) is 15.1. The number of rotatable bonds is 10. The molecule has 0 bridgehead atoms. The Morgan fingerprint density at radius 2 is 1.71 bits per heavy atom. The third-order valence-electron chi connectivity index (χ3n) is 7.44. The predicted molar refractivity (Wildman–Crippen MR) is 153 cm³/mol. The summed E-state index contributed by atoms with van der Waals surface area (Å²) in [5, 5.41) is 34.5. The lowest BCUT2D eigenvalue weighted by molar-refractivity contribution is -0.117. The Kier molecular flexibility index (Phi) is 9.38. The Labute approximate surface area is 226 Å². The largest absolute Gasteiger partial charge is 0.393 e. The Bertz CT molecular complexity index is 1270. The van der Waals surface area contributed by atoms with Gasteiger partial charge in [-0.1, -0.05) is 44.2 Å². The zero-order valence-electron chi connectivity index (χ0n) is 22.5. The Balaban J connectivity index is 1.38. The number of amides is 1. The van der Waals surface area contributed by atoms with Gasteiger partial charge < -0.3 is 20.4 Å². The van der Waals surface area contributed by atoms with Gasteiger partial charge in [0.15, 0.2) is 0 Å². The summed E-state index contributed by atoms with van der Waals surface area (Å²) in [6.07, 6.45) is 8.97. The molecule has 4 rings (SSSR count). The summed E-state index contributed by atoms with van der Waals surface area (Å²) >= 11 is 0. The van der Waals surface area contributed by atoms with E-state index >= 15 is 0 Å². The van der Waals surface area contributed by atoms with Gasteiger partial charge in [-0.05, 0) is 96.2 Å². The SMILES string of the molecule is CCCN(CCC)c1ccc2cc(C3=CC=C(/C=C(\C#N)C(=O)NCC4CC(O)CC(O)C4)C3)ccc2c1. The molecule has 6 nitrogen and oxygen atoms in total. The van der Waals surface area contributed by atoms with Gasteiger partial charge in [0.2, 0.25) is 0 Å². The third kappa shape index (κ3) is 6.92. The second-order valence-electron chi connectivity index (χ2n) is 10.6. The highest BCUT2D eigenvalue weighted by molar-refractivity contribution is 5.98. The van der Waals surface area contributed by atoms with Crippen molar-refractivity contribution in [2.24, 2.45) is 5.92 Å². The molecule has 0 aromatic heterocycles. The molecule has 0 heterocycles. The van der Waals surface area contributed by atoms with E-state index in [1.807, 2.05) is 12.1 Å². The second kappa shape index (κ2) is 12.9. The molecule has 1 saturated carbocycles. The average molecular weight is 514 g/mol.